The Morgan fingerprint density at radius 1 is 0.839 bits per heavy atom. The van der Waals surface area contributed by atoms with Crippen LogP contribution in [0.5, 0.6) is 0 Å². The van der Waals surface area contributed by atoms with Crippen LogP contribution in [0.2, 0.25) is 0 Å². The average Bonchev–Trinajstić information content (AvgIpc) is 2.74. The number of amides is 1. The minimum atomic E-state index is -3.39. The number of ketones is 1. The van der Waals surface area contributed by atoms with Crippen molar-refractivity contribution >= 4 is 27.4 Å². The minimum absolute atomic E-state index is 0.0606. The summed E-state index contributed by atoms with van der Waals surface area (Å²) in [4.78, 5) is 25.1. The zero-order valence-corrected chi connectivity index (χ0v) is 19.0. The third-order valence-electron chi connectivity index (χ3n) is 5.68. The highest BCUT2D eigenvalue weighted by atomic mass is 32.2. The zero-order valence-electron chi connectivity index (χ0n) is 18.2. The molecule has 0 radical (unpaired) electrons. The molecule has 0 spiro atoms. The van der Waals surface area contributed by atoms with E-state index in [1.54, 1.807) is 57.2 Å². The highest BCUT2D eigenvalue weighted by Crippen LogP contribution is 2.27. The van der Waals surface area contributed by atoms with Gasteiger partial charge in [0.2, 0.25) is 15.9 Å². The second-order valence-electron chi connectivity index (χ2n) is 9.04. The lowest BCUT2D eigenvalue weighted by molar-refractivity contribution is -0.120. The summed E-state index contributed by atoms with van der Waals surface area (Å²) in [5, 5.41) is 2.92. The van der Waals surface area contributed by atoms with Crippen LogP contribution in [-0.2, 0) is 14.8 Å². The summed E-state index contributed by atoms with van der Waals surface area (Å²) in [5.74, 6) is -0.283. The molecule has 0 unspecified atom stereocenters. The van der Waals surface area contributed by atoms with Crippen LogP contribution in [0.4, 0.5) is 5.69 Å². The van der Waals surface area contributed by atoms with Gasteiger partial charge in [-0.25, -0.2) is 13.1 Å². The fourth-order valence-electron chi connectivity index (χ4n) is 3.58. The third-order valence-corrected chi connectivity index (χ3v) is 7.93. The van der Waals surface area contributed by atoms with Gasteiger partial charge in [-0.05, 0) is 70.7 Å². The van der Waals surface area contributed by atoms with Gasteiger partial charge >= 0.3 is 0 Å². The third kappa shape index (κ3) is 5.80. The van der Waals surface area contributed by atoms with Gasteiger partial charge in [-0.3, -0.25) is 9.59 Å². The summed E-state index contributed by atoms with van der Waals surface area (Å²) in [7, 11) is -3.39. The molecule has 0 atom stereocenters. The molecule has 166 valence electrons. The fraction of sp³-hybridized carbons (Fsp3) is 0.417. The van der Waals surface area contributed by atoms with Crippen molar-refractivity contribution in [2.24, 2.45) is 5.92 Å². The van der Waals surface area contributed by atoms with E-state index in [1.807, 2.05) is 18.2 Å². The van der Waals surface area contributed by atoms with E-state index in [4.69, 9.17) is 0 Å². The van der Waals surface area contributed by atoms with Crippen molar-refractivity contribution in [1.29, 1.82) is 0 Å². The van der Waals surface area contributed by atoms with E-state index in [9.17, 15) is 18.0 Å². The van der Waals surface area contributed by atoms with Crippen LogP contribution in [-0.4, -0.2) is 30.9 Å². The lowest BCUT2D eigenvalue weighted by atomic mass is 9.86. The van der Waals surface area contributed by atoms with Crippen molar-refractivity contribution in [2.45, 2.75) is 57.2 Å². The second kappa shape index (κ2) is 9.32. The van der Waals surface area contributed by atoms with E-state index in [2.05, 4.69) is 10.0 Å². The fourth-order valence-corrected chi connectivity index (χ4v) is 4.60. The Labute approximate surface area is 184 Å². The monoisotopic (exact) mass is 442 g/mol. The SMILES string of the molecule is CC(C)(C)S(=O)(=O)NC1CCC(C(=O)Nc2ccc(C(=O)c3ccccc3)cc2)CC1. The molecule has 1 amide bonds. The molecule has 2 aromatic carbocycles. The van der Waals surface area contributed by atoms with Crippen LogP contribution in [0.3, 0.4) is 0 Å². The number of carbonyl (C=O) groups is 2. The molecule has 1 aliphatic rings. The van der Waals surface area contributed by atoms with Crippen LogP contribution in [0, 0.1) is 5.92 Å². The van der Waals surface area contributed by atoms with Crippen molar-refractivity contribution in [3.8, 4) is 0 Å². The van der Waals surface area contributed by atoms with Gasteiger partial charge in [0.05, 0.1) is 4.75 Å². The Morgan fingerprint density at radius 2 is 1.39 bits per heavy atom. The summed E-state index contributed by atoms with van der Waals surface area (Å²) in [6.45, 7) is 5.02. The molecule has 0 aliphatic heterocycles. The Morgan fingerprint density at radius 3 is 1.94 bits per heavy atom. The number of sulfonamides is 1. The van der Waals surface area contributed by atoms with Crippen LogP contribution in [0.1, 0.15) is 62.4 Å². The topological polar surface area (TPSA) is 92.3 Å². The Kier molecular flexibility index (Phi) is 6.96. The summed E-state index contributed by atoms with van der Waals surface area (Å²) in [6.07, 6.45) is 2.54. The number of benzene rings is 2. The summed E-state index contributed by atoms with van der Waals surface area (Å²) < 4.78 is 26.6. The second-order valence-corrected chi connectivity index (χ2v) is 11.5. The molecular weight excluding hydrogens is 412 g/mol. The Hall–Kier alpha value is -2.51. The molecule has 0 aromatic heterocycles. The molecule has 31 heavy (non-hydrogen) atoms. The maximum atomic E-state index is 12.6. The smallest absolute Gasteiger partial charge is 0.227 e. The van der Waals surface area contributed by atoms with Crippen molar-refractivity contribution in [2.75, 3.05) is 5.32 Å². The quantitative estimate of drug-likeness (QED) is 0.658. The van der Waals surface area contributed by atoms with E-state index in [-0.39, 0.29) is 23.7 Å². The Bertz CT molecular complexity index is 1020. The minimum Gasteiger partial charge on any atom is -0.326 e. The number of carbonyl (C=O) groups excluding carboxylic acids is 2. The normalized spacial score (nSPS) is 19.6. The number of hydrogen-bond donors (Lipinski definition) is 2. The van der Waals surface area contributed by atoms with E-state index in [0.717, 1.165) is 0 Å². The van der Waals surface area contributed by atoms with Crippen molar-refractivity contribution < 1.29 is 18.0 Å². The molecule has 1 saturated carbocycles. The molecule has 7 heteroatoms. The van der Waals surface area contributed by atoms with E-state index >= 15 is 0 Å². The van der Waals surface area contributed by atoms with Crippen LogP contribution in [0.25, 0.3) is 0 Å². The predicted octanol–water partition coefficient (Wildman–Crippen LogP) is 4.13. The Balaban J connectivity index is 1.53. The molecule has 6 nitrogen and oxygen atoms in total. The summed E-state index contributed by atoms with van der Waals surface area (Å²) >= 11 is 0. The maximum Gasteiger partial charge on any atom is 0.227 e. The molecule has 0 saturated heterocycles. The molecule has 2 N–H and O–H groups in total. The van der Waals surface area contributed by atoms with Crippen LogP contribution >= 0.6 is 0 Å². The first-order chi connectivity index (χ1) is 14.6. The first-order valence-corrected chi connectivity index (χ1v) is 12.1. The largest absolute Gasteiger partial charge is 0.326 e. The zero-order chi connectivity index (χ0) is 22.6. The predicted molar refractivity (Wildman–Crippen MR) is 123 cm³/mol. The first-order valence-electron chi connectivity index (χ1n) is 10.6. The van der Waals surface area contributed by atoms with Crippen molar-refractivity contribution in [3.05, 3.63) is 65.7 Å². The molecule has 1 aliphatic carbocycles. The van der Waals surface area contributed by atoms with Gasteiger partial charge in [-0.15, -0.1) is 0 Å². The van der Waals surface area contributed by atoms with Crippen LogP contribution in [0.15, 0.2) is 54.6 Å². The number of anilines is 1. The number of rotatable bonds is 6. The van der Waals surface area contributed by atoms with E-state index < -0.39 is 14.8 Å². The van der Waals surface area contributed by atoms with Gasteiger partial charge in [0, 0.05) is 28.8 Å². The average molecular weight is 443 g/mol. The van der Waals surface area contributed by atoms with Gasteiger partial charge in [-0.2, -0.15) is 0 Å². The lowest BCUT2D eigenvalue weighted by Crippen LogP contribution is -2.46. The van der Waals surface area contributed by atoms with Crippen molar-refractivity contribution in [3.63, 3.8) is 0 Å². The van der Waals surface area contributed by atoms with Crippen LogP contribution < -0.4 is 10.0 Å². The first kappa shape index (κ1) is 23.2. The number of nitrogens with one attached hydrogen (secondary N) is 2. The van der Waals surface area contributed by atoms with E-state index in [0.29, 0.717) is 42.5 Å². The molecular formula is C24H30N2O4S. The summed E-state index contributed by atoms with van der Waals surface area (Å²) in [6, 6.07) is 15.8. The molecule has 0 bridgehead atoms. The molecule has 0 heterocycles. The van der Waals surface area contributed by atoms with Gasteiger partial charge in [0.15, 0.2) is 5.78 Å². The number of hydrogen-bond acceptors (Lipinski definition) is 4. The van der Waals surface area contributed by atoms with Gasteiger partial charge in [0.25, 0.3) is 0 Å². The standard InChI is InChI=1S/C24H30N2O4S/c1-24(2,3)31(29,30)26-21-15-11-19(12-16-21)23(28)25-20-13-9-18(10-14-20)22(27)17-7-5-4-6-8-17/h4-10,13-14,19,21,26H,11-12,15-16H2,1-3H3,(H,25,28). The molecule has 2 aromatic rings. The van der Waals surface area contributed by atoms with Crippen molar-refractivity contribution in [1.82, 2.24) is 4.72 Å². The summed E-state index contributed by atoms with van der Waals surface area (Å²) in [5.41, 5.74) is 1.83. The maximum absolute atomic E-state index is 12.6. The van der Waals surface area contributed by atoms with Gasteiger partial charge in [0.1, 0.15) is 0 Å². The highest BCUT2D eigenvalue weighted by molar-refractivity contribution is 7.90. The molecule has 3 rings (SSSR count). The molecule has 1 fully saturated rings. The van der Waals surface area contributed by atoms with E-state index in [1.165, 1.54) is 0 Å². The van der Waals surface area contributed by atoms with Gasteiger partial charge in [-0.1, -0.05) is 30.3 Å². The lowest BCUT2D eigenvalue weighted by Gasteiger charge is -2.30. The highest BCUT2D eigenvalue weighted by Gasteiger charge is 2.34. The van der Waals surface area contributed by atoms with Gasteiger partial charge < -0.3 is 5.32 Å².